The third-order valence-electron chi connectivity index (χ3n) is 2.52. The monoisotopic (exact) mass is 301 g/mol. The van der Waals surface area contributed by atoms with Crippen molar-refractivity contribution in [3.8, 4) is 0 Å². The number of hydrogen-bond donors (Lipinski definition) is 4. The predicted octanol–water partition coefficient (Wildman–Crippen LogP) is -0.128. The van der Waals surface area contributed by atoms with Gasteiger partial charge in [-0.3, -0.25) is 20.4 Å². The first kappa shape index (κ1) is 16.5. The summed E-state index contributed by atoms with van der Waals surface area (Å²) in [5.41, 5.74) is 9.95. The largest absolute Gasteiger partial charge is 0.459 e. The quantitative estimate of drug-likeness (QED) is 0.412. The summed E-state index contributed by atoms with van der Waals surface area (Å²) in [5, 5.41) is 9.71. The van der Waals surface area contributed by atoms with Crippen LogP contribution in [0.4, 0.5) is 0 Å². The molecule has 0 aliphatic carbocycles. The molecule has 0 aromatic carbocycles. The molecule has 0 radical (unpaired) electrons. The Hall–Kier alpha value is -1.51. The van der Waals surface area contributed by atoms with Gasteiger partial charge in [-0.05, 0) is 30.1 Å². The van der Waals surface area contributed by atoms with E-state index in [1.54, 1.807) is 17.8 Å². The van der Waals surface area contributed by atoms with Gasteiger partial charge in [0.05, 0.1) is 6.26 Å². The van der Waals surface area contributed by atoms with E-state index in [1.807, 2.05) is 6.92 Å². The Balaban J connectivity index is 2.32. The molecule has 8 heteroatoms. The highest BCUT2D eigenvalue weighted by atomic mass is 32.2. The first-order valence-electron chi connectivity index (χ1n) is 6.21. The van der Waals surface area contributed by atoms with Crippen LogP contribution in [0.3, 0.4) is 0 Å². The highest BCUT2D eigenvalue weighted by molar-refractivity contribution is 7.99. The van der Waals surface area contributed by atoms with Crippen molar-refractivity contribution in [3.63, 3.8) is 0 Å². The fourth-order valence-electron chi connectivity index (χ4n) is 1.38. The van der Waals surface area contributed by atoms with E-state index in [1.165, 1.54) is 12.3 Å². The highest BCUT2D eigenvalue weighted by Gasteiger charge is 2.23. The number of hydrogen-bond acceptors (Lipinski definition) is 6. The van der Waals surface area contributed by atoms with Crippen molar-refractivity contribution in [1.29, 1.82) is 0 Å². The number of aliphatic hydroxyl groups excluding tert-OH is 1. The second kappa shape index (κ2) is 8.62. The average molecular weight is 301 g/mol. The van der Waals surface area contributed by atoms with Crippen molar-refractivity contribution in [3.05, 3.63) is 24.2 Å². The second-order valence-corrected chi connectivity index (χ2v) is 5.41. The van der Waals surface area contributed by atoms with E-state index >= 15 is 0 Å². The number of amides is 2. The maximum Gasteiger partial charge on any atom is 0.305 e. The Morgan fingerprint density at radius 1 is 1.50 bits per heavy atom. The first-order chi connectivity index (χ1) is 9.56. The van der Waals surface area contributed by atoms with E-state index in [9.17, 15) is 14.7 Å². The molecule has 1 aromatic heterocycles. The topological polar surface area (TPSA) is 118 Å². The normalized spacial score (nSPS) is 13.6. The molecule has 1 heterocycles. The molecule has 0 fully saturated rings. The Morgan fingerprint density at radius 2 is 2.25 bits per heavy atom. The van der Waals surface area contributed by atoms with Crippen LogP contribution in [0.15, 0.2) is 22.8 Å². The van der Waals surface area contributed by atoms with Gasteiger partial charge in [-0.1, -0.05) is 6.92 Å². The third-order valence-corrected chi connectivity index (χ3v) is 3.45. The van der Waals surface area contributed by atoms with E-state index in [0.717, 1.165) is 11.5 Å². The molecule has 20 heavy (non-hydrogen) atoms. The van der Waals surface area contributed by atoms with Gasteiger partial charge in [0.25, 0.3) is 5.91 Å². The molecule has 0 aliphatic rings. The first-order valence-corrected chi connectivity index (χ1v) is 7.36. The van der Waals surface area contributed by atoms with E-state index < -0.39 is 24.0 Å². The number of furan rings is 1. The minimum absolute atomic E-state index is 0.0587. The van der Waals surface area contributed by atoms with Crippen LogP contribution in [-0.2, 0) is 4.79 Å². The van der Waals surface area contributed by atoms with Crippen molar-refractivity contribution >= 4 is 23.6 Å². The molecule has 2 amide bonds. The zero-order valence-electron chi connectivity index (χ0n) is 11.2. The molecule has 5 N–H and O–H groups in total. The van der Waals surface area contributed by atoms with Crippen molar-refractivity contribution in [1.82, 2.24) is 10.9 Å². The molecule has 0 spiro atoms. The van der Waals surface area contributed by atoms with Gasteiger partial charge in [-0.15, -0.1) is 0 Å². The number of aliphatic hydroxyl groups is 1. The summed E-state index contributed by atoms with van der Waals surface area (Å²) in [6.07, 6.45) is 0.482. The van der Waals surface area contributed by atoms with Crippen molar-refractivity contribution < 1.29 is 19.1 Å². The smallest absolute Gasteiger partial charge is 0.305 e. The van der Waals surface area contributed by atoms with Gasteiger partial charge in [-0.25, -0.2) is 0 Å². The lowest BCUT2D eigenvalue weighted by Crippen LogP contribution is -2.52. The molecule has 112 valence electrons. The zero-order valence-corrected chi connectivity index (χ0v) is 12.0. The molecular formula is C12H19N3O4S. The van der Waals surface area contributed by atoms with Crippen LogP contribution < -0.4 is 16.6 Å². The Kier molecular flexibility index (Phi) is 7.13. The van der Waals surface area contributed by atoms with Crippen LogP contribution in [0.5, 0.6) is 0 Å². The molecule has 0 saturated carbocycles. The number of carbonyl (C=O) groups excluding carboxylic acids is 2. The van der Waals surface area contributed by atoms with Gasteiger partial charge in [-0.2, -0.15) is 11.8 Å². The summed E-state index contributed by atoms with van der Waals surface area (Å²) in [6.45, 7) is 2.02. The SMILES string of the molecule is CCSCC[C@@H](N)C(O)C(=O)NNC(=O)c1ccco1. The number of thioether (sulfide) groups is 1. The van der Waals surface area contributed by atoms with Gasteiger partial charge in [0.2, 0.25) is 0 Å². The van der Waals surface area contributed by atoms with Gasteiger partial charge in [0.15, 0.2) is 5.76 Å². The molecule has 0 aliphatic heterocycles. The zero-order chi connectivity index (χ0) is 15.0. The van der Waals surface area contributed by atoms with Crippen LogP contribution >= 0.6 is 11.8 Å². The van der Waals surface area contributed by atoms with E-state index in [-0.39, 0.29) is 5.76 Å². The third kappa shape index (κ3) is 5.24. The van der Waals surface area contributed by atoms with Crippen molar-refractivity contribution in [2.75, 3.05) is 11.5 Å². The Bertz CT molecular complexity index is 424. The molecule has 7 nitrogen and oxygen atoms in total. The van der Waals surface area contributed by atoms with E-state index in [2.05, 4.69) is 10.9 Å². The number of rotatable bonds is 7. The standard InChI is InChI=1S/C12H19N3O4S/c1-2-20-7-5-8(13)10(16)12(18)15-14-11(17)9-4-3-6-19-9/h3-4,6,8,10,16H,2,5,7,13H2,1H3,(H,14,17)(H,15,18)/t8-,10?/m1/s1. The fourth-order valence-corrected chi connectivity index (χ4v) is 2.11. The lowest BCUT2D eigenvalue weighted by molar-refractivity contribution is -0.131. The number of nitrogens with one attached hydrogen (secondary N) is 2. The van der Waals surface area contributed by atoms with E-state index in [0.29, 0.717) is 6.42 Å². The molecule has 1 rings (SSSR count). The minimum atomic E-state index is -1.37. The van der Waals surface area contributed by atoms with Gasteiger partial charge >= 0.3 is 5.91 Å². The predicted molar refractivity (Wildman–Crippen MR) is 75.9 cm³/mol. The average Bonchev–Trinajstić information content (AvgIpc) is 2.97. The molecule has 1 aromatic rings. The Labute approximate surface area is 121 Å². The molecule has 0 bridgehead atoms. The number of hydrazine groups is 1. The summed E-state index contributed by atoms with van der Waals surface area (Å²) < 4.78 is 4.85. The summed E-state index contributed by atoms with van der Waals surface area (Å²) in [6, 6.07) is 2.33. The summed E-state index contributed by atoms with van der Waals surface area (Å²) in [5.74, 6) is 0.419. The lowest BCUT2D eigenvalue weighted by atomic mass is 10.1. The lowest BCUT2D eigenvalue weighted by Gasteiger charge is -2.18. The van der Waals surface area contributed by atoms with Gasteiger partial charge in [0, 0.05) is 6.04 Å². The molecular weight excluding hydrogens is 282 g/mol. The summed E-state index contributed by atoms with van der Waals surface area (Å²) in [4.78, 5) is 23.1. The van der Waals surface area contributed by atoms with Gasteiger partial charge < -0.3 is 15.3 Å². The van der Waals surface area contributed by atoms with Crippen molar-refractivity contribution in [2.24, 2.45) is 5.73 Å². The van der Waals surface area contributed by atoms with Crippen LogP contribution in [0.1, 0.15) is 23.9 Å². The highest BCUT2D eigenvalue weighted by Crippen LogP contribution is 2.05. The molecule has 1 unspecified atom stereocenters. The fraction of sp³-hybridized carbons (Fsp3) is 0.500. The van der Waals surface area contributed by atoms with Crippen molar-refractivity contribution in [2.45, 2.75) is 25.5 Å². The summed E-state index contributed by atoms with van der Waals surface area (Å²) >= 11 is 1.68. The van der Waals surface area contributed by atoms with Crippen LogP contribution in [0.25, 0.3) is 0 Å². The van der Waals surface area contributed by atoms with Crippen LogP contribution in [0, 0.1) is 0 Å². The Morgan fingerprint density at radius 3 is 2.85 bits per heavy atom. The summed E-state index contributed by atoms with van der Waals surface area (Å²) in [7, 11) is 0. The maximum absolute atomic E-state index is 11.6. The minimum Gasteiger partial charge on any atom is -0.459 e. The second-order valence-electron chi connectivity index (χ2n) is 4.01. The molecule has 2 atom stereocenters. The molecule has 0 saturated heterocycles. The maximum atomic E-state index is 11.6. The van der Waals surface area contributed by atoms with E-state index in [4.69, 9.17) is 10.2 Å². The van der Waals surface area contributed by atoms with Crippen LogP contribution in [0.2, 0.25) is 0 Å². The van der Waals surface area contributed by atoms with Gasteiger partial charge in [0.1, 0.15) is 6.10 Å². The van der Waals surface area contributed by atoms with Crippen LogP contribution in [-0.4, -0.2) is 40.6 Å². The number of carbonyl (C=O) groups is 2. The number of nitrogens with two attached hydrogens (primary N) is 1.